The molecule has 0 atom stereocenters. The van der Waals surface area contributed by atoms with Crippen molar-refractivity contribution >= 4 is 16.7 Å². The lowest BCUT2D eigenvalue weighted by atomic mass is 9.78. The van der Waals surface area contributed by atoms with Crippen molar-refractivity contribution in [2.24, 2.45) is 18.9 Å². The van der Waals surface area contributed by atoms with Crippen LogP contribution in [0.5, 0.6) is 5.88 Å². The molecule has 0 amide bonds. The number of ether oxygens (including phenoxy) is 1. The summed E-state index contributed by atoms with van der Waals surface area (Å²) in [7, 11) is 1.90. The van der Waals surface area contributed by atoms with Crippen LogP contribution < -0.4 is 4.74 Å². The van der Waals surface area contributed by atoms with Gasteiger partial charge in [-0.15, -0.1) is 0 Å². The second-order valence-corrected chi connectivity index (χ2v) is 10.2. The first-order valence-electron chi connectivity index (χ1n) is 12.9. The van der Waals surface area contributed by atoms with E-state index in [0.717, 1.165) is 73.4 Å². The van der Waals surface area contributed by atoms with Crippen LogP contribution in [-0.4, -0.2) is 51.9 Å². The van der Waals surface area contributed by atoms with Crippen LogP contribution in [0, 0.1) is 11.8 Å². The number of aryl methyl sites for hydroxylation is 1. The first kappa shape index (κ1) is 23.9. The van der Waals surface area contributed by atoms with Crippen LogP contribution in [-0.2, 0) is 19.9 Å². The van der Waals surface area contributed by atoms with E-state index in [9.17, 15) is 9.18 Å². The summed E-state index contributed by atoms with van der Waals surface area (Å²) in [4.78, 5) is 20.1. The molecule has 0 unspecified atom stereocenters. The third-order valence-corrected chi connectivity index (χ3v) is 7.87. The Morgan fingerprint density at radius 2 is 1.89 bits per heavy atom. The van der Waals surface area contributed by atoms with Gasteiger partial charge in [0.05, 0.1) is 5.52 Å². The van der Waals surface area contributed by atoms with Gasteiger partial charge in [0.15, 0.2) is 5.78 Å². The number of carbonyl (C=O) groups excluding carboxylic acids is 1. The number of benzene rings is 1. The van der Waals surface area contributed by atoms with Gasteiger partial charge in [0.2, 0.25) is 12.7 Å². The molecule has 0 spiro atoms. The molecule has 1 fully saturated rings. The Hall–Kier alpha value is -2.80. The average Bonchev–Trinajstić information content (AvgIpc) is 3.13. The highest BCUT2D eigenvalue weighted by Crippen LogP contribution is 2.34. The molecule has 35 heavy (non-hydrogen) atoms. The number of halogens is 1. The van der Waals surface area contributed by atoms with Gasteiger partial charge in [0.25, 0.3) is 0 Å². The fourth-order valence-corrected chi connectivity index (χ4v) is 5.83. The zero-order valence-corrected chi connectivity index (χ0v) is 20.6. The van der Waals surface area contributed by atoms with E-state index in [4.69, 9.17) is 4.74 Å². The largest absolute Gasteiger partial charge is 0.446 e. The fraction of sp³-hybridized carbons (Fsp3) is 0.536. The molecule has 3 heterocycles. The Balaban J connectivity index is 1.07. The number of nitrogens with zero attached hydrogens (tertiary/aromatic N) is 4. The Bertz CT molecular complexity index is 1170. The number of rotatable bonds is 8. The number of fused-ring (bicyclic) bond motifs is 2. The van der Waals surface area contributed by atoms with Crippen LogP contribution in [0.25, 0.3) is 10.9 Å². The predicted octanol–water partition coefficient (Wildman–Crippen LogP) is 5.14. The van der Waals surface area contributed by atoms with Gasteiger partial charge in [-0.2, -0.15) is 5.10 Å². The number of aromatic nitrogens is 3. The van der Waals surface area contributed by atoms with Crippen LogP contribution in [0.4, 0.5) is 4.39 Å². The second kappa shape index (κ2) is 10.9. The summed E-state index contributed by atoms with van der Waals surface area (Å²) in [5, 5.41) is 5.41. The van der Waals surface area contributed by atoms with Crippen molar-refractivity contribution in [2.45, 2.75) is 51.4 Å². The topological polar surface area (TPSA) is 60.2 Å². The van der Waals surface area contributed by atoms with Gasteiger partial charge in [0, 0.05) is 61.9 Å². The third-order valence-electron chi connectivity index (χ3n) is 7.87. The molecule has 1 aromatic carbocycles. The van der Waals surface area contributed by atoms with E-state index >= 15 is 0 Å². The van der Waals surface area contributed by atoms with Gasteiger partial charge in [0.1, 0.15) is 0 Å². The molecule has 1 saturated carbocycles. The van der Waals surface area contributed by atoms with E-state index in [1.54, 1.807) is 10.7 Å². The molecule has 0 bridgehead atoms. The maximum absolute atomic E-state index is 13.1. The molecule has 0 N–H and O–H groups in total. The molecule has 0 radical (unpaired) electrons. The van der Waals surface area contributed by atoms with Gasteiger partial charge < -0.3 is 9.64 Å². The zero-order chi connectivity index (χ0) is 24.2. The van der Waals surface area contributed by atoms with Crippen molar-refractivity contribution in [3.05, 3.63) is 53.3 Å². The molecule has 0 saturated heterocycles. The van der Waals surface area contributed by atoms with Gasteiger partial charge in [-0.3, -0.25) is 9.48 Å². The normalized spacial score (nSPS) is 21.0. The maximum atomic E-state index is 13.1. The van der Waals surface area contributed by atoms with E-state index in [2.05, 4.69) is 15.0 Å². The highest BCUT2D eigenvalue weighted by molar-refractivity contribution is 6.07. The van der Waals surface area contributed by atoms with Crippen molar-refractivity contribution in [2.75, 3.05) is 26.5 Å². The molecule has 6 nitrogen and oxygen atoms in total. The molecule has 5 rings (SSSR count). The molecule has 2 aromatic heterocycles. The number of hydrogen-bond acceptors (Lipinski definition) is 5. The average molecular weight is 479 g/mol. The zero-order valence-electron chi connectivity index (χ0n) is 20.6. The van der Waals surface area contributed by atoms with E-state index in [1.807, 2.05) is 37.5 Å². The van der Waals surface area contributed by atoms with Crippen LogP contribution >= 0.6 is 0 Å². The summed E-state index contributed by atoms with van der Waals surface area (Å²) in [5.74, 6) is 1.87. The summed E-state index contributed by atoms with van der Waals surface area (Å²) in [6.45, 7) is 2.30. The number of ketones is 1. The van der Waals surface area contributed by atoms with Crippen molar-refractivity contribution in [1.29, 1.82) is 0 Å². The fourth-order valence-electron chi connectivity index (χ4n) is 5.83. The van der Waals surface area contributed by atoms with Gasteiger partial charge >= 0.3 is 0 Å². The number of pyridine rings is 1. The highest BCUT2D eigenvalue weighted by atomic mass is 19.1. The maximum Gasteiger partial charge on any atom is 0.230 e. The lowest BCUT2D eigenvalue weighted by molar-refractivity contribution is 0.0942. The minimum Gasteiger partial charge on any atom is -0.446 e. The Kier molecular flexibility index (Phi) is 7.42. The Morgan fingerprint density at radius 3 is 2.71 bits per heavy atom. The second-order valence-electron chi connectivity index (χ2n) is 10.2. The molecular formula is C28H35FN4O2. The summed E-state index contributed by atoms with van der Waals surface area (Å²) < 4.78 is 19.2. The summed E-state index contributed by atoms with van der Waals surface area (Å²) in [5.41, 5.74) is 4.01. The monoisotopic (exact) mass is 478 g/mol. The minimum atomic E-state index is -0.838. The molecule has 7 heteroatoms. The van der Waals surface area contributed by atoms with Crippen molar-refractivity contribution in [3.8, 4) is 5.88 Å². The standard InChI is InChI=1S/C28H35FN4O2/c1-32-18-24-23(3-2-4-26(24)31-32)27(34)17-21-7-5-20(6-8-21)11-14-33-15-12-22-9-10-28(35-19-29)30-25(22)13-16-33/h2-4,9-10,18,20-21H,5-8,11-17,19H2,1H3. The van der Waals surface area contributed by atoms with E-state index in [1.165, 1.54) is 24.8 Å². The van der Waals surface area contributed by atoms with Crippen LogP contribution in [0.2, 0.25) is 0 Å². The third kappa shape index (κ3) is 5.72. The number of Topliss-reactive ketones (excluding diaryl/α,β-unsaturated/α-hetero) is 1. The first-order valence-corrected chi connectivity index (χ1v) is 12.9. The quantitative estimate of drug-likeness (QED) is 0.420. The number of carbonyl (C=O) groups is 1. The molecule has 186 valence electrons. The van der Waals surface area contributed by atoms with Crippen LogP contribution in [0.3, 0.4) is 0 Å². The Labute approximate surface area is 206 Å². The molecule has 2 aliphatic rings. The lowest BCUT2D eigenvalue weighted by Gasteiger charge is -2.30. The molecule has 3 aromatic rings. The SMILES string of the molecule is Cn1cc2c(C(=O)CC3CCC(CCN4CCc5ccc(OCF)nc5CC4)CC3)cccc2n1. The summed E-state index contributed by atoms with van der Waals surface area (Å²) >= 11 is 0. The van der Waals surface area contributed by atoms with E-state index in [0.29, 0.717) is 18.2 Å². The van der Waals surface area contributed by atoms with Crippen molar-refractivity contribution < 1.29 is 13.9 Å². The summed E-state index contributed by atoms with van der Waals surface area (Å²) in [6, 6.07) is 9.66. The number of hydrogen-bond donors (Lipinski definition) is 0. The molecular weight excluding hydrogens is 443 g/mol. The van der Waals surface area contributed by atoms with Crippen LogP contribution in [0.15, 0.2) is 36.5 Å². The predicted molar refractivity (Wildman–Crippen MR) is 134 cm³/mol. The molecule has 1 aliphatic carbocycles. The van der Waals surface area contributed by atoms with Gasteiger partial charge in [-0.25, -0.2) is 9.37 Å². The van der Waals surface area contributed by atoms with E-state index in [-0.39, 0.29) is 5.78 Å². The smallest absolute Gasteiger partial charge is 0.230 e. The summed E-state index contributed by atoms with van der Waals surface area (Å²) in [6.07, 6.45) is 10.4. The first-order chi connectivity index (χ1) is 17.1. The van der Waals surface area contributed by atoms with Gasteiger partial charge in [-0.05, 0) is 55.7 Å². The van der Waals surface area contributed by atoms with E-state index < -0.39 is 6.86 Å². The van der Waals surface area contributed by atoms with Gasteiger partial charge in [-0.1, -0.05) is 31.0 Å². The van der Waals surface area contributed by atoms with Crippen molar-refractivity contribution in [1.82, 2.24) is 19.7 Å². The lowest BCUT2D eigenvalue weighted by Crippen LogP contribution is -2.29. The Morgan fingerprint density at radius 1 is 1.09 bits per heavy atom. The van der Waals surface area contributed by atoms with Crippen LogP contribution in [0.1, 0.15) is 60.1 Å². The molecule has 1 aliphatic heterocycles. The number of alkyl halides is 1. The minimum absolute atomic E-state index is 0.255. The van der Waals surface area contributed by atoms with Crippen molar-refractivity contribution in [3.63, 3.8) is 0 Å². The highest BCUT2D eigenvalue weighted by Gasteiger charge is 2.25.